The van der Waals surface area contributed by atoms with Crippen LogP contribution in [0.15, 0.2) is 12.4 Å². The molecule has 2 aliphatic rings. The summed E-state index contributed by atoms with van der Waals surface area (Å²) in [6.07, 6.45) is 9.48. The van der Waals surface area contributed by atoms with Crippen molar-refractivity contribution in [3.8, 4) is 0 Å². The van der Waals surface area contributed by atoms with Gasteiger partial charge >= 0.3 is 0 Å². The molecule has 1 amide bonds. The number of aliphatic hydroxyl groups is 1. The second-order valence-corrected chi connectivity index (χ2v) is 6.61. The van der Waals surface area contributed by atoms with Gasteiger partial charge in [-0.25, -0.2) is 0 Å². The Kier molecular flexibility index (Phi) is 4.78. The van der Waals surface area contributed by atoms with Gasteiger partial charge in [-0.05, 0) is 25.7 Å². The van der Waals surface area contributed by atoms with Gasteiger partial charge in [0, 0.05) is 38.4 Å². The van der Waals surface area contributed by atoms with Crippen LogP contribution in [0.25, 0.3) is 0 Å². The summed E-state index contributed by atoms with van der Waals surface area (Å²) >= 11 is 0. The van der Waals surface area contributed by atoms with E-state index in [2.05, 4.69) is 15.3 Å². The fourth-order valence-electron chi connectivity index (χ4n) is 3.70. The molecule has 2 fully saturated rings. The highest BCUT2D eigenvalue weighted by molar-refractivity contribution is 5.93. The zero-order valence-corrected chi connectivity index (χ0v) is 13.2. The maximum Gasteiger partial charge on any atom is 0.254 e. The van der Waals surface area contributed by atoms with Crippen LogP contribution >= 0.6 is 0 Å². The van der Waals surface area contributed by atoms with Gasteiger partial charge < -0.3 is 10.4 Å². The van der Waals surface area contributed by atoms with Gasteiger partial charge in [-0.1, -0.05) is 12.8 Å². The predicted molar refractivity (Wildman–Crippen MR) is 83.5 cm³/mol. The van der Waals surface area contributed by atoms with Crippen molar-refractivity contribution in [1.29, 1.82) is 0 Å². The van der Waals surface area contributed by atoms with Crippen LogP contribution in [0.4, 0.5) is 0 Å². The van der Waals surface area contributed by atoms with Crippen LogP contribution in [-0.4, -0.2) is 57.0 Å². The summed E-state index contributed by atoms with van der Waals surface area (Å²) in [5.74, 6) is -0.0377. The third-order valence-electron chi connectivity index (χ3n) is 4.99. The summed E-state index contributed by atoms with van der Waals surface area (Å²) in [7, 11) is 1.81. The zero-order valence-electron chi connectivity index (χ0n) is 13.2. The largest absolute Gasteiger partial charge is 0.391 e. The standard InChI is InChI=1S/C16H26N4O2/c1-19-11-12(10-17-19)16(22)18-13-6-8-20(9-7-13)14-4-2-3-5-15(14)21/h10-11,13-15,21H,2-9H2,1H3,(H,18,22). The second kappa shape index (κ2) is 6.79. The van der Waals surface area contributed by atoms with E-state index < -0.39 is 0 Å². The Morgan fingerprint density at radius 3 is 2.64 bits per heavy atom. The molecular formula is C16H26N4O2. The van der Waals surface area contributed by atoms with Crippen molar-refractivity contribution in [3.63, 3.8) is 0 Å². The first kappa shape index (κ1) is 15.5. The molecule has 2 atom stereocenters. The van der Waals surface area contributed by atoms with Crippen LogP contribution < -0.4 is 5.32 Å². The number of nitrogens with one attached hydrogen (secondary N) is 1. The van der Waals surface area contributed by atoms with Crippen LogP contribution in [0.1, 0.15) is 48.9 Å². The Morgan fingerprint density at radius 2 is 2.00 bits per heavy atom. The van der Waals surface area contributed by atoms with Crippen molar-refractivity contribution < 1.29 is 9.90 Å². The Hall–Kier alpha value is -1.40. The number of hydrogen-bond acceptors (Lipinski definition) is 4. The minimum absolute atomic E-state index is 0.0377. The average molecular weight is 306 g/mol. The van der Waals surface area contributed by atoms with E-state index >= 15 is 0 Å². The highest BCUT2D eigenvalue weighted by Gasteiger charge is 2.31. The molecular weight excluding hydrogens is 280 g/mol. The number of aromatic nitrogens is 2. The van der Waals surface area contributed by atoms with E-state index in [1.165, 1.54) is 6.42 Å². The number of rotatable bonds is 3. The number of carbonyl (C=O) groups excluding carboxylic acids is 1. The molecule has 22 heavy (non-hydrogen) atoms. The van der Waals surface area contributed by atoms with Crippen LogP contribution in [0, 0.1) is 0 Å². The molecule has 122 valence electrons. The summed E-state index contributed by atoms with van der Waals surface area (Å²) in [4.78, 5) is 14.6. The molecule has 0 radical (unpaired) electrons. The molecule has 1 aromatic heterocycles. The first-order chi connectivity index (χ1) is 10.6. The van der Waals surface area contributed by atoms with Crippen molar-refractivity contribution in [2.24, 2.45) is 7.05 Å². The van der Waals surface area contributed by atoms with E-state index in [-0.39, 0.29) is 18.1 Å². The van der Waals surface area contributed by atoms with Gasteiger partial charge in [-0.3, -0.25) is 14.4 Å². The lowest BCUT2D eigenvalue weighted by Crippen LogP contribution is -2.52. The lowest BCUT2D eigenvalue weighted by Gasteiger charge is -2.41. The smallest absolute Gasteiger partial charge is 0.254 e. The molecule has 1 saturated heterocycles. The van der Waals surface area contributed by atoms with E-state index in [9.17, 15) is 9.90 Å². The minimum Gasteiger partial charge on any atom is -0.391 e. The summed E-state index contributed by atoms with van der Waals surface area (Å²) < 4.78 is 1.64. The predicted octanol–water partition coefficient (Wildman–Crippen LogP) is 0.918. The molecule has 0 bridgehead atoms. The van der Waals surface area contributed by atoms with E-state index in [1.54, 1.807) is 17.1 Å². The maximum absolute atomic E-state index is 12.1. The number of piperidine rings is 1. The van der Waals surface area contributed by atoms with Crippen molar-refractivity contribution in [3.05, 3.63) is 18.0 Å². The Morgan fingerprint density at radius 1 is 1.27 bits per heavy atom. The number of aryl methyl sites for hydroxylation is 1. The summed E-state index contributed by atoms with van der Waals surface area (Å²) in [6, 6.07) is 0.549. The normalized spacial score (nSPS) is 27.7. The van der Waals surface area contributed by atoms with Gasteiger partial charge in [0.2, 0.25) is 0 Å². The summed E-state index contributed by atoms with van der Waals surface area (Å²) in [5.41, 5.74) is 0.618. The molecule has 2 unspecified atom stereocenters. The molecule has 1 aromatic rings. The van der Waals surface area contributed by atoms with Gasteiger partial charge in [0.1, 0.15) is 0 Å². The highest BCUT2D eigenvalue weighted by atomic mass is 16.3. The summed E-state index contributed by atoms with van der Waals surface area (Å²) in [5, 5.41) is 17.3. The molecule has 2 N–H and O–H groups in total. The Balaban J connectivity index is 1.48. The van der Waals surface area contributed by atoms with Crippen molar-refractivity contribution in [1.82, 2.24) is 20.0 Å². The van der Waals surface area contributed by atoms with Crippen LogP contribution in [0.5, 0.6) is 0 Å². The lowest BCUT2D eigenvalue weighted by atomic mass is 9.89. The maximum atomic E-state index is 12.1. The van der Waals surface area contributed by atoms with Gasteiger partial charge in [0.05, 0.1) is 17.9 Å². The fourth-order valence-corrected chi connectivity index (χ4v) is 3.70. The van der Waals surface area contributed by atoms with Crippen molar-refractivity contribution in [2.75, 3.05) is 13.1 Å². The number of nitrogens with zero attached hydrogens (tertiary/aromatic N) is 3. The zero-order chi connectivity index (χ0) is 15.5. The summed E-state index contributed by atoms with van der Waals surface area (Å²) in [6.45, 7) is 1.92. The van der Waals surface area contributed by atoms with Crippen molar-refractivity contribution >= 4 is 5.91 Å². The molecule has 1 aliphatic heterocycles. The van der Waals surface area contributed by atoms with Gasteiger partial charge in [-0.2, -0.15) is 5.10 Å². The topological polar surface area (TPSA) is 70.4 Å². The number of carbonyl (C=O) groups is 1. The van der Waals surface area contributed by atoms with Gasteiger partial charge in [-0.15, -0.1) is 0 Å². The third kappa shape index (κ3) is 3.50. The molecule has 6 nitrogen and oxygen atoms in total. The molecule has 1 aliphatic carbocycles. The number of likely N-dealkylation sites (tertiary alicyclic amines) is 1. The first-order valence-electron chi connectivity index (χ1n) is 8.35. The monoisotopic (exact) mass is 306 g/mol. The van der Waals surface area contributed by atoms with E-state index in [0.717, 1.165) is 45.2 Å². The Labute approximate surface area is 131 Å². The number of hydrogen-bond donors (Lipinski definition) is 2. The average Bonchev–Trinajstić information content (AvgIpc) is 2.95. The quantitative estimate of drug-likeness (QED) is 0.871. The molecule has 0 aromatic carbocycles. The van der Waals surface area contributed by atoms with Crippen LogP contribution in [0.3, 0.4) is 0 Å². The molecule has 3 rings (SSSR count). The van der Waals surface area contributed by atoms with E-state index in [0.29, 0.717) is 11.6 Å². The van der Waals surface area contributed by atoms with Gasteiger partial charge in [0.25, 0.3) is 5.91 Å². The van der Waals surface area contributed by atoms with E-state index in [1.807, 2.05) is 7.05 Å². The molecule has 0 spiro atoms. The Bertz CT molecular complexity index is 508. The van der Waals surface area contributed by atoms with Crippen molar-refractivity contribution in [2.45, 2.75) is 56.7 Å². The third-order valence-corrected chi connectivity index (χ3v) is 4.99. The molecule has 6 heteroatoms. The number of aliphatic hydroxyl groups excluding tert-OH is 1. The van der Waals surface area contributed by atoms with Crippen LogP contribution in [-0.2, 0) is 7.05 Å². The SMILES string of the molecule is Cn1cc(C(=O)NC2CCN(C3CCCCC3O)CC2)cn1. The molecule has 2 heterocycles. The van der Waals surface area contributed by atoms with E-state index in [4.69, 9.17) is 0 Å². The van der Waals surface area contributed by atoms with Crippen LogP contribution in [0.2, 0.25) is 0 Å². The second-order valence-electron chi connectivity index (χ2n) is 6.61. The minimum atomic E-state index is -0.171. The first-order valence-corrected chi connectivity index (χ1v) is 8.35. The highest BCUT2D eigenvalue weighted by Crippen LogP contribution is 2.25. The van der Waals surface area contributed by atoms with Gasteiger partial charge in [0.15, 0.2) is 0 Å². The lowest BCUT2D eigenvalue weighted by molar-refractivity contribution is 0.00727. The fraction of sp³-hybridized carbons (Fsp3) is 0.750. The number of amides is 1. The molecule has 1 saturated carbocycles.